The van der Waals surface area contributed by atoms with Gasteiger partial charge in [-0.25, -0.2) is 0 Å². The van der Waals surface area contributed by atoms with E-state index in [1.165, 1.54) is 0 Å². The molecule has 0 saturated carbocycles. The molecule has 0 amide bonds. The SMILES string of the molecule is CCOC(=O)CC(O)CN1CCC(CO)C1. The van der Waals surface area contributed by atoms with Crippen LogP contribution in [0.1, 0.15) is 19.8 Å². The fourth-order valence-corrected chi connectivity index (χ4v) is 2.00. The molecule has 1 aliphatic heterocycles. The molecule has 0 spiro atoms. The third-order valence-corrected chi connectivity index (χ3v) is 2.80. The molecule has 0 aromatic heterocycles. The van der Waals surface area contributed by atoms with E-state index >= 15 is 0 Å². The fourth-order valence-electron chi connectivity index (χ4n) is 2.00. The number of hydrogen-bond donors (Lipinski definition) is 2. The monoisotopic (exact) mass is 231 g/mol. The van der Waals surface area contributed by atoms with Crippen molar-refractivity contribution in [3.8, 4) is 0 Å². The van der Waals surface area contributed by atoms with Crippen LogP contribution in [0.2, 0.25) is 0 Å². The number of likely N-dealkylation sites (tertiary alicyclic amines) is 1. The number of rotatable bonds is 6. The van der Waals surface area contributed by atoms with Crippen molar-refractivity contribution < 1.29 is 19.7 Å². The summed E-state index contributed by atoms with van der Waals surface area (Å²) >= 11 is 0. The maximum Gasteiger partial charge on any atom is 0.308 e. The van der Waals surface area contributed by atoms with Gasteiger partial charge in [0.2, 0.25) is 0 Å². The summed E-state index contributed by atoms with van der Waals surface area (Å²) in [6, 6.07) is 0. The summed E-state index contributed by atoms with van der Waals surface area (Å²) in [5.41, 5.74) is 0. The largest absolute Gasteiger partial charge is 0.466 e. The molecule has 16 heavy (non-hydrogen) atoms. The first-order valence-corrected chi connectivity index (χ1v) is 5.82. The number of nitrogens with zero attached hydrogens (tertiary/aromatic N) is 1. The predicted molar refractivity (Wildman–Crippen MR) is 58.9 cm³/mol. The summed E-state index contributed by atoms with van der Waals surface area (Å²) in [6.45, 7) is 4.46. The van der Waals surface area contributed by atoms with E-state index in [1.807, 2.05) is 0 Å². The molecule has 2 N–H and O–H groups in total. The molecular formula is C11H21NO4. The highest BCUT2D eigenvalue weighted by Gasteiger charge is 2.24. The van der Waals surface area contributed by atoms with E-state index in [9.17, 15) is 9.90 Å². The van der Waals surface area contributed by atoms with Crippen LogP contribution >= 0.6 is 0 Å². The van der Waals surface area contributed by atoms with Crippen LogP contribution in [0, 0.1) is 5.92 Å². The number of β-amino-alcohol motifs (C(OH)–C–C–N with tert-alkyl or cyclic N) is 1. The molecular weight excluding hydrogens is 210 g/mol. The summed E-state index contributed by atoms with van der Waals surface area (Å²) in [7, 11) is 0. The highest BCUT2D eigenvalue weighted by atomic mass is 16.5. The molecule has 94 valence electrons. The highest BCUT2D eigenvalue weighted by Crippen LogP contribution is 2.15. The van der Waals surface area contributed by atoms with Crippen LogP contribution in [-0.2, 0) is 9.53 Å². The van der Waals surface area contributed by atoms with Crippen molar-refractivity contribution in [2.45, 2.75) is 25.9 Å². The van der Waals surface area contributed by atoms with Gasteiger partial charge >= 0.3 is 5.97 Å². The lowest BCUT2D eigenvalue weighted by molar-refractivity contribution is -0.145. The first-order chi connectivity index (χ1) is 7.65. The lowest BCUT2D eigenvalue weighted by Gasteiger charge is -2.19. The lowest BCUT2D eigenvalue weighted by atomic mass is 10.1. The summed E-state index contributed by atoms with van der Waals surface area (Å²) < 4.78 is 4.76. The molecule has 0 aromatic rings. The molecule has 0 aliphatic carbocycles. The summed E-state index contributed by atoms with van der Waals surface area (Å²) in [4.78, 5) is 13.2. The molecule has 1 aliphatic rings. The van der Waals surface area contributed by atoms with E-state index in [0.29, 0.717) is 19.1 Å². The second kappa shape index (κ2) is 6.83. The van der Waals surface area contributed by atoms with E-state index in [2.05, 4.69) is 4.90 Å². The van der Waals surface area contributed by atoms with Crippen molar-refractivity contribution >= 4 is 5.97 Å². The first kappa shape index (κ1) is 13.4. The van der Waals surface area contributed by atoms with Crippen molar-refractivity contribution in [1.29, 1.82) is 0 Å². The number of esters is 1. The lowest BCUT2D eigenvalue weighted by Crippen LogP contribution is -2.32. The van der Waals surface area contributed by atoms with Crippen LogP contribution in [0.15, 0.2) is 0 Å². The minimum Gasteiger partial charge on any atom is -0.466 e. The molecule has 0 radical (unpaired) electrons. The average molecular weight is 231 g/mol. The minimum atomic E-state index is -0.670. The Balaban J connectivity index is 2.19. The van der Waals surface area contributed by atoms with Gasteiger partial charge < -0.3 is 19.8 Å². The van der Waals surface area contributed by atoms with E-state index in [0.717, 1.165) is 19.5 Å². The Kier molecular flexibility index (Phi) is 5.73. The Hall–Kier alpha value is -0.650. The summed E-state index contributed by atoms with van der Waals surface area (Å²) in [5, 5.41) is 18.6. The van der Waals surface area contributed by atoms with Gasteiger partial charge in [0.05, 0.1) is 19.1 Å². The topological polar surface area (TPSA) is 70.0 Å². The maximum absolute atomic E-state index is 11.1. The van der Waals surface area contributed by atoms with Gasteiger partial charge in [-0.05, 0) is 25.8 Å². The molecule has 0 aromatic carbocycles. The number of hydrogen-bond acceptors (Lipinski definition) is 5. The van der Waals surface area contributed by atoms with E-state index in [4.69, 9.17) is 9.84 Å². The predicted octanol–water partition coefficient (Wildman–Crippen LogP) is -0.385. The fraction of sp³-hybridized carbons (Fsp3) is 0.909. The van der Waals surface area contributed by atoms with Crippen molar-refractivity contribution in [3.63, 3.8) is 0 Å². The Bertz CT molecular complexity index is 222. The molecule has 2 atom stereocenters. The van der Waals surface area contributed by atoms with Gasteiger partial charge in [-0.15, -0.1) is 0 Å². The van der Waals surface area contributed by atoms with Gasteiger partial charge in [0, 0.05) is 19.7 Å². The zero-order chi connectivity index (χ0) is 12.0. The van der Waals surface area contributed by atoms with Crippen LogP contribution < -0.4 is 0 Å². The number of aliphatic hydroxyl groups excluding tert-OH is 2. The van der Waals surface area contributed by atoms with Crippen LogP contribution in [0.4, 0.5) is 0 Å². The second-order valence-electron chi connectivity index (χ2n) is 4.26. The molecule has 2 unspecified atom stereocenters. The number of carbonyl (C=O) groups excluding carboxylic acids is 1. The first-order valence-electron chi connectivity index (χ1n) is 5.82. The molecule has 1 fully saturated rings. The van der Waals surface area contributed by atoms with Gasteiger partial charge in [0.1, 0.15) is 0 Å². The Labute approximate surface area is 96.0 Å². The zero-order valence-corrected chi connectivity index (χ0v) is 9.76. The van der Waals surface area contributed by atoms with Gasteiger partial charge in [-0.1, -0.05) is 0 Å². The number of carbonyl (C=O) groups is 1. The number of aliphatic hydroxyl groups is 2. The molecule has 5 heteroatoms. The number of ether oxygens (including phenoxy) is 1. The smallest absolute Gasteiger partial charge is 0.308 e. The summed E-state index contributed by atoms with van der Waals surface area (Å²) in [6.07, 6.45) is 0.341. The van der Waals surface area contributed by atoms with Crippen LogP contribution in [-0.4, -0.2) is 60.0 Å². The molecule has 1 heterocycles. The Morgan fingerprint density at radius 3 is 2.94 bits per heavy atom. The quantitative estimate of drug-likeness (QED) is 0.610. The van der Waals surface area contributed by atoms with Crippen LogP contribution in [0.5, 0.6) is 0 Å². The van der Waals surface area contributed by atoms with Gasteiger partial charge in [0.25, 0.3) is 0 Å². The average Bonchev–Trinajstić information content (AvgIpc) is 2.65. The second-order valence-corrected chi connectivity index (χ2v) is 4.26. The standard InChI is InChI=1S/C11H21NO4/c1-2-16-11(15)5-10(14)7-12-4-3-9(6-12)8-13/h9-10,13-14H,2-8H2,1H3. The minimum absolute atomic E-state index is 0.0497. The molecule has 5 nitrogen and oxygen atoms in total. The third kappa shape index (κ3) is 4.47. The zero-order valence-electron chi connectivity index (χ0n) is 9.76. The highest BCUT2D eigenvalue weighted by molar-refractivity contribution is 5.69. The van der Waals surface area contributed by atoms with Gasteiger partial charge in [0.15, 0.2) is 0 Å². The van der Waals surface area contributed by atoms with Crippen molar-refractivity contribution in [3.05, 3.63) is 0 Å². The van der Waals surface area contributed by atoms with Crippen molar-refractivity contribution in [2.24, 2.45) is 5.92 Å². The molecule has 1 rings (SSSR count). The van der Waals surface area contributed by atoms with Gasteiger partial charge in [-0.2, -0.15) is 0 Å². The molecule has 0 bridgehead atoms. The van der Waals surface area contributed by atoms with E-state index in [1.54, 1.807) is 6.92 Å². The van der Waals surface area contributed by atoms with Crippen LogP contribution in [0.3, 0.4) is 0 Å². The van der Waals surface area contributed by atoms with Crippen molar-refractivity contribution in [1.82, 2.24) is 4.90 Å². The van der Waals surface area contributed by atoms with E-state index in [-0.39, 0.29) is 19.0 Å². The van der Waals surface area contributed by atoms with Crippen LogP contribution in [0.25, 0.3) is 0 Å². The Morgan fingerprint density at radius 2 is 2.38 bits per heavy atom. The maximum atomic E-state index is 11.1. The van der Waals surface area contributed by atoms with Gasteiger partial charge in [-0.3, -0.25) is 4.79 Å². The van der Waals surface area contributed by atoms with Crippen molar-refractivity contribution in [2.75, 3.05) is 32.8 Å². The Morgan fingerprint density at radius 1 is 1.62 bits per heavy atom. The summed E-state index contributed by atoms with van der Waals surface area (Å²) in [5.74, 6) is -0.0392. The third-order valence-electron chi connectivity index (χ3n) is 2.80. The normalized spacial score (nSPS) is 23.3. The molecule has 1 saturated heterocycles. The van der Waals surface area contributed by atoms with E-state index < -0.39 is 6.10 Å².